The first kappa shape index (κ1) is 20.6. The third kappa shape index (κ3) is 5.62. The van der Waals surface area contributed by atoms with Crippen LogP contribution in [0, 0.1) is 5.41 Å². The number of para-hydroxylation sites is 1. The third-order valence-corrected chi connectivity index (χ3v) is 4.28. The van der Waals surface area contributed by atoms with Gasteiger partial charge in [-0.25, -0.2) is 4.79 Å². The number of hydrogen-bond donors (Lipinski definition) is 2. The quantitative estimate of drug-likeness (QED) is 0.709. The number of aliphatic carboxylic acids is 1. The maximum Gasteiger partial charge on any atom is 0.341 e. The number of anilines is 1. The molecule has 0 bridgehead atoms. The van der Waals surface area contributed by atoms with Crippen molar-refractivity contribution >= 4 is 29.2 Å². The molecule has 0 atom stereocenters. The van der Waals surface area contributed by atoms with E-state index in [-0.39, 0.29) is 16.7 Å². The van der Waals surface area contributed by atoms with Gasteiger partial charge in [-0.3, -0.25) is 4.79 Å². The fourth-order valence-corrected chi connectivity index (χ4v) is 2.78. The topological polar surface area (TPSA) is 84.9 Å². The Morgan fingerprint density at radius 2 is 1.85 bits per heavy atom. The van der Waals surface area contributed by atoms with Crippen LogP contribution in [0.25, 0.3) is 0 Å². The van der Waals surface area contributed by atoms with Gasteiger partial charge in [-0.05, 0) is 36.2 Å². The number of amides is 1. The van der Waals surface area contributed by atoms with E-state index in [9.17, 15) is 9.59 Å². The van der Waals surface area contributed by atoms with Gasteiger partial charge in [-0.1, -0.05) is 43.6 Å². The van der Waals surface area contributed by atoms with Crippen molar-refractivity contribution in [2.24, 2.45) is 5.41 Å². The van der Waals surface area contributed by atoms with Crippen molar-refractivity contribution in [3.63, 3.8) is 0 Å². The van der Waals surface area contributed by atoms with Gasteiger partial charge < -0.3 is 19.9 Å². The van der Waals surface area contributed by atoms with Crippen molar-refractivity contribution in [2.75, 3.05) is 19.0 Å². The van der Waals surface area contributed by atoms with E-state index in [0.29, 0.717) is 12.1 Å². The summed E-state index contributed by atoms with van der Waals surface area (Å²) in [4.78, 5) is 23.3. The summed E-state index contributed by atoms with van der Waals surface area (Å²) >= 11 is 6.09. The van der Waals surface area contributed by atoms with Crippen LogP contribution >= 0.6 is 11.6 Å². The number of nitrogens with one attached hydrogen (secondary N) is 1. The third-order valence-electron chi connectivity index (χ3n) is 3.98. The Hall–Kier alpha value is -2.73. The van der Waals surface area contributed by atoms with Crippen LogP contribution in [0.4, 0.5) is 5.69 Å². The molecule has 2 aromatic rings. The van der Waals surface area contributed by atoms with Gasteiger partial charge in [-0.15, -0.1) is 0 Å². The first-order valence-corrected chi connectivity index (χ1v) is 8.68. The minimum atomic E-state index is -1.10. The van der Waals surface area contributed by atoms with Gasteiger partial charge in [0.25, 0.3) is 0 Å². The Balaban J connectivity index is 2.08. The number of ether oxygens (including phenoxy) is 2. The maximum atomic E-state index is 12.7. The van der Waals surface area contributed by atoms with E-state index in [4.69, 9.17) is 26.2 Å². The lowest BCUT2D eigenvalue weighted by atomic mass is 9.84. The van der Waals surface area contributed by atoms with Gasteiger partial charge >= 0.3 is 5.97 Å². The summed E-state index contributed by atoms with van der Waals surface area (Å²) < 4.78 is 10.4. The Kier molecular flexibility index (Phi) is 6.69. The van der Waals surface area contributed by atoms with Crippen LogP contribution in [0.1, 0.15) is 19.4 Å². The molecule has 0 aliphatic carbocycles. The number of hydrogen-bond acceptors (Lipinski definition) is 4. The highest BCUT2D eigenvalue weighted by atomic mass is 35.5. The Bertz CT molecular complexity index is 835. The van der Waals surface area contributed by atoms with Crippen molar-refractivity contribution in [1.29, 1.82) is 0 Å². The second-order valence-corrected chi connectivity index (χ2v) is 7.06. The van der Waals surface area contributed by atoms with Gasteiger partial charge in [0, 0.05) is 11.1 Å². The van der Waals surface area contributed by atoms with Crippen molar-refractivity contribution < 1.29 is 24.2 Å². The van der Waals surface area contributed by atoms with Crippen molar-refractivity contribution in [3.8, 4) is 11.5 Å². The van der Waals surface area contributed by atoms with Crippen molar-refractivity contribution in [1.82, 2.24) is 0 Å². The molecule has 0 saturated carbocycles. The molecule has 2 N–H and O–H groups in total. The van der Waals surface area contributed by atoms with Gasteiger partial charge in [0.2, 0.25) is 5.91 Å². The first-order chi connectivity index (χ1) is 12.7. The Morgan fingerprint density at radius 3 is 2.48 bits per heavy atom. The molecule has 7 heteroatoms. The molecule has 0 aliphatic heterocycles. The van der Waals surface area contributed by atoms with E-state index in [2.05, 4.69) is 5.32 Å². The lowest BCUT2D eigenvalue weighted by Gasteiger charge is -2.24. The first-order valence-electron chi connectivity index (χ1n) is 8.30. The number of carbonyl (C=O) groups excluding carboxylic acids is 1. The largest absolute Gasteiger partial charge is 0.496 e. The summed E-state index contributed by atoms with van der Waals surface area (Å²) in [5.41, 5.74) is 0.746. The summed E-state index contributed by atoms with van der Waals surface area (Å²) in [7, 11) is 1.60. The fraction of sp³-hybridized carbons (Fsp3) is 0.300. The monoisotopic (exact) mass is 391 g/mol. The van der Waals surface area contributed by atoms with Gasteiger partial charge in [0.15, 0.2) is 6.61 Å². The zero-order chi connectivity index (χ0) is 20.0. The number of methoxy groups -OCH3 is 1. The molecule has 0 aliphatic rings. The highest BCUT2D eigenvalue weighted by Gasteiger charge is 2.29. The van der Waals surface area contributed by atoms with E-state index < -0.39 is 18.0 Å². The molecule has 144 valence electrons. The van der Waals surface area contributed by atoms with Gasteiger partial charge in [-0.2, -0.15) is 0 Å². The number of benzene rings is 2. The average molecular weight is 392 g/mol. The molecule has 0 unspecified atom stereocenters. The number of carbonyl (C=O) groups is 2. The van der Waals surface area contributed by atoms with Crippen LogP contribution in [-0.2, 0) is 16.0 Å². The van der Waals surface area contributed by atoms with Crippen LogP contribution in [0.5, 0.6) is 11.5 Å². The van der Waals surface area contributed by atoms with Gasteiger partial charge in [0.05, 0.1) is 12.1 Å². The second-order valence-electron chi connectivity index (χ2n) is 6.65. The van der Waals surface area contributed by atoms with E-state index in [1.165, 1.54) is 12.1 Å². The molecule has 0 spiro atoms. The number of carboxylic acids is 1. The minimum absolute atomic E-state index is 0.177. The summed E-state index contributed by atoms with van der Waals surface area (Å²) in [5, 5.41) is 11.7. The standard InChI is InChI=1S/C20H22ClNO5/c1-20(2,11-13-6-4-5-7-16(13)26-3)19(25)22-14-8-9-17(15(21)10-14)27-12-18(23)24/h4-10H,11-12H2,1-3H3,(H,22,25)(H,23,24). The maximum absolute atomic E-state index is 12.7. The molecular formula is C20H22ClNO5. The lowest BCUT2D eigenvalue weighted by Crippen LogP contribution is -2.32. The van der Waals surface area contributed by atoms with Crippen LogP contribution in [0.15, 0.2) is 42.5 Å². The number of rotatable bonds is 8. The molecule has 6 nitrogen and oxygen atoms in total. The zero-order valence-corrected chi connectivity index (χ0v) is 16.2. The van der Waals surface area contributed by atoms with E-state index in [1.807, 2.05) is 38.1 Å². The predicted octanol–water partition coefficient (Wildman–Crippen LogP) is 4.02. The second kappa shape index (κ2) is 8.77. The number of halogens is 1. The van der Waals surface area contributed by atoms with E-state index >= 15 is 0 Å². The Labute approximate surface area is 163 Å². The Morgan fingerprint density at radius 1 is 1.15 bits per heavy atom. The minimum Gasteiger partial charge on any atom is -0.496 e. The summed E-state index contributed by atoms with van der Waals surface area (Å²) in [6.45, 7) is 3.21. The van der Waals surface area contributed by atoms with Crippen LogP contribution in [-0.4, -0.2) is 30.7 Å². The molecular weight excluding hydrogens is 370 g/mol. The predicted molar refractivity (Wildman–Crippen MR) is 104 cm³/mol. The molecule has 0 fully saturated rings. The van der Waals surface area contributed by atoms with Crippen molar-refractivity contribution in [3.05, 3.63) is 53.1 Å². The molecule has 0 radical (unpaired) electrons. The molecule has 0 aromatic heterocycles. The molecule has 1 amide bonds. The summed E-state index contributed by atoms with van der Waals surface area (Å²) in [6, 6.07) is 12.2. The normalized spacial score (nSPS) is 11.0. The highest BCUT2D eigenvalue weighted by Crippen LogP contribution is 2.31. The molecule has 0 saturated heterocycles. The summed E-state index contributed by atoms with van der Waals surface area (Å²) in [5.74, 6) is -0.295. The van der Waals surface area contributed by atoms with Gasteiger partial charge in [0.1, 0.15) is 11.5 Å². The SMILES string of the molecule is COc1ccccc1CC(C)(C)C(=O)Nc1ccc(OCC(=O)O)c(Cl)c1. The van der Waals surface area contributed by atoms with Crippen LogP contribution < -0.4 is 14.8 Å². The lowest BCUT2D eigenvalue weighted by molar-refractivity contribution is -0.139. The fourth-order valence-electron chi connectivity index (χ4n) is 2.54. The van der Waals surface area contributed by atoms with Crippen LogP contribution in [0.3, 0.4) is 0 Å². The number of carboxylic acid groups (broad SMARTS) is 1. The zero-order valence-electron chi connectivity index (χ0n) is 15.4. The van der Waals surface area contributed by atoms with E-state index in [0.717, 1.165) is 11.3 Å². The molecule has 27 heavy (non-hydrogen) atoms. The molecule has 0 heterocycles. The van der Waals surface area contributed by atoms with Crippen molar-refractivity contribution in [2.45, 2.75) is 20.3 Å². The van der Waals surface area contributed by atoms with E-state index in [1.54, 1.807) is 13.2 Å². The molecule has 2 rings (SSSR count). The van der Waals surface area contributed by atoms with Crippen LogP contribution in [0.2, 0.25) is 5.02 Å². The molecule has 2 aromatic carbocycles. The highest BCUT2D eigenvalue weighted by molar-refractivity contribution is 6.32. The summed E-state index contributed by atoms with van der Waals surface area (Å²) in [6.07, 6.45) is 0.496. The smallest absolute Gasteiger partial charge is 0.341 e. The average Bonchev–Trinajstić information content (AvgIpc) is 2.61.